The third kappa shape index (κ3) is 2.84. The third-order valence-corrected chi connectivity index (χ3v) is 2.09. The Hall–Kier alpha value is -1.81. The Balaban J connectivity index is 3.02. The van der Waals surface area contributed by atoms with Crippen LogP contribution in [0.15, 0.2) is 30.5 Å². The number of ether oxygens (including phenoxy) is 2. The van der Waals surface area contributed by atoms with Crippen LogP contribution in [0.3, 0.4) is 0 Å². The molecular formula is C12H14O4. The van der Waals surface area contributed by atoms with Gasteiger partial charge in [0.05, 0.1) is 27.1 Å². The van der Waals surface area contributed by atoms with E-state index < -0.39 is 5.97 Å². The lowest BCUT2D eigenvalue weighted by Gasteiger charge is -2.05. The molecule has 0 saturated carbocycles. The molecule has 1 N–H and O–H groups in total. The van der Waals surface area contributed by atoms with E-state index in [1.807, 2.05) is 0 Å². The number of methoxy groups -OCH3 is 2. The first-order valence-electron chi connectivity index (χ1n) is 4.74. The number of carbonyl (C=O) groups excluding carboxylic acids is 1. The molecule has 0 amide bonds. The largest absolute Gasteiger partial charge is 0.503 e. The van der Waals surface area contributed by atoms with Gasteiger partial charge in [-0.1, -0.05) is 24.3 Å². The van der Waals surface area contributed by atoms with E-state index in [1.165, 1.54) is 20.5 Å². The van der Waals surface area contributed by atoms with Crippen molar-refractivity contribution in [2.75, 3.05) is 14.2 Å². The number of hydrogen-bond donors (Lipinski definition) is 1. The topological polar surface area (TPSA) is 55.8 Å². The van der Waals surface area contributed by atoms with Crippen LogP contribution in [0.1, 0.15) is 11.1 Å². The molecule has 0 atom stereocenters. The maximum Gasteiger partial charge on any atom is 0.341 e. The van der Waals surface area contributed by atoms with Gasteiger partial charge in [0.25, 0.3) is 0 Å². The molecule has 0 spiro atoms. The molecular weight excluding hydrogens is 208 g/mol. The molecule has 0 aliphatic heterocycles. The average Bonchev–Trinajstić information content (AvgIpc) is 2.35. The highest BCUT2D eigenvalue weighted by Gasteiger charge is 2.12. The average molecular weight is 222 g/mol. The second-order valence-electron chi connectivity index (χ2n) is 3.11. The van der Waals surface area contributed by atoms with Crippen LogP contribution >= 0.6 is 0 Å². The zero-order chi connectivity index (χ0) is 12.0. The minimum Gasteiger partial charge on any atom is -0.503 e. The van der Waals surface area contributed by atoms with Gasteiger partial charge in [0.2, 0.25) is 0 Å². The van der Waals surface area contributed by atoms with E-state index in [4.69, 9.17) is 9.84 Å². The van der Waals surface area contributed by atoms with Crippen LogP contribution in [0.5, 0.6) is 0 Å². The third-order valence-electron chi connectivity index (χ3n) is 2.09. The number of benzene rings is 1. The fraction of sp³-hybridized carbons (Fsp3) is 0.250. The van der Waals surface area contributed by atoms with Gasteiger partial charge in [0.15, 0.2) is 0 Å². The van der Waals surface area contributed by atoms with Gasteiger partial charge in [0.1, 0.15) is 5.57 Å². The van der Waals surface area contributed by atoms with Crippen molar-refractivity contribution in [1.82, 2.24) is 0 Å². The number of carbonyl (C=O) groups is 1. The molecule has 1 aromatic carbocycles. The summed E-state index contributed by atoms with van der Waals surface area (Å²) in [5, 5.41) is 8.89. The van der Waals surface area contributed by atoms with Gasteiger partial charge in [-0.2, -0.15) is 0 Å². The summed E-state index contributed by atoms with van der Waals surface area (Å²) >= 11 is 0. The van der Waals surface area contributed by atoms with Crippen LogP contribution < -0.4 is 0 Å². The summed E-state index contributed by atoms with van der Waals surface area (Å²) in [7, 11) is 2.78. The van der Waals surface area contributed by atoms with Crippen molar-refractivity contribution >= 4 is 11.5 Å². The lowest BCUT2D eigenvalue weighted by atomic mass is 10.1. The zero-order valence-corrected chi connectivity index (χ0v) is 9.27. The molecule has 0 radical (unpaired) electrons. The normalized spacial score (nSPS) is 11.1. The highest BCUT2D eigenvalue weighted by molar-refractivity contribution is 6.16. The van der Waals surface area contributed by atoms with Gasteiger partial charge in [-0.25, -0.2) is 4.79 Å². The Kier molecular flexibility index (Phi) is 4.54. The van der Waals surface area contributed by atoms with Crippen LogP contribution in [0.4, 0.5) is 0 Å². The maximum atomic E-state index is 11.4. The van der Waals surface area contributed by atoms with Crippen molar-refractivity contribution in [2.24, 2.45) is 0 Å². The number of aliphatic hydroxyl groups excluding tert-OH is 1. The van der Waals surface area contributed by atoms with Crippen LogP contribution in [0, 0.1) is 0 Å². The van der Waals surface area contributed by atoms with Gasteiger partial charge in [-0.15, -0.1) is 0 Å². The van der Waals surface area contributed by atoms with Crippen molar-refractivity contribution in [3.63, 3.8) is 0 Å². The van der Waals surface area contributed by atoms with Crippen molar-refractivity contribution in [3.8, 4) is 0 Å². The Morgan fingerprint density at radius 1 is 1.31 bits per heavy atom. The second-order valence-corrected chi connectivity index (χ2v) is 3.11. The fourth-order valence-corrected chi connectivity index (χ4v) is 1.25. The minimum absolute atomic E-state index is 0.0260. The van der Waals surface area contributed by atoms with Crippen LogP contribution in [0.25, 0.3) is 5.57 Å². The molecule has 0 aromatic heterocycles. The molecule has 0 fully saturated rings. The standard InChI is InChI=1S/C12H14O4/c1-15-8-11(12(14)16-2)10-5-3-9(7-13)4-6-10/h3-6,8,13H,7H2,1-2H3/b11-8-. The van der Waals surface area contributed by atoms with Crippen molar-refractivity contribution in [2.45, 2.75) is 6.61 Å². The van der Waals surface area contributed by atoms with Crippen LogP contribution in [-0.2, 0) is 20.9 Å². The maximum absolute atomic E-state index is 11.4. The van der Waals surface area contributed by atoms with Gasteiger partial charge in [0, 0.05) is 0 Å². The van der Waals surface area contributed by atoms with E-state index in [0.717, 1.165) is 5.56 Å². The zero-order valence-electron chi connectivity index (χ0n) is 9.27. The predicted octanol–water partition coefficient (Wildman–Crippen LogP) is 1.34. The lowest BCUT2D eigenvalue weighted by Crippen LogP contribution is -2.04. The monoisotopic (exact) mass is 222 g/mol. The summed E-state index contributed by atoms with van der Waals surface area (Å²) in [6.07, 6.45) is 1.33. The fourth-order valence-electron chi connectivity index (χ4n) is 1.25. The summed E-state index contributed by atoms with van der Waals surface area (Å²) in [5.41, 5.74) is 1.81. The van der Waals surface area contributed by atoms with E-state index in [1.54, 1.807) is 24.3 Å². The van der Waals surface area contributed by atoms with E-state index in [2.05, 4.69) is 4.74 Å². The first-order valence-corrected chi connectivity index (χ1v) is 4.74. The summed E-state index contributed by atoms with van der Waals surface area (Å²) in [6, 6.07) is 6.93. The first kappa shape index (κ1) is 12.3. The highest BCUT2D eigenvalue weighted by atomic mass is 16.5. The lowest BCUT2D eigenvalue weighted by molar-refractivity contribution is -0.133. The van der Waals surface area contributed by atoms with E-state index in [-0.39, 0.29) is 6.61 Å². The molecule has 16 heavy (non-hydrogen) atoms. The van der Waals surface area contributed by atoms with E-state index in [9.17, 15) is 4.79 Å². The number of esters is 1. The van der Waals surface area contributed by atoms with Crippen molar-refractivity contribution < 1.29 is 19.4 Å². The molecule has 0 heterocycles. The molecule has 4 nitrogen and oxygen atoms in total. The van der Waals surface area contributed by atoms with Crippen molar-refractivity contribution in [1.29, 1.82) is 0 Å². The van der Waals surface area contributed by atoms with Gasteiger partial charge < -0.3 is 14.6 Å². The van der Waals surface area contributed by atoms with Gasteiger partial charge >= 0.3 is 5.97 Å². The summed E-state index contributed by atoms with van der Waals surface area (Å²) in [4.78, 5) is 11.4. The first-order chi connectivity index (χ1) is 7.72. The molecule has 4 heteroatoms. The molecule has 0 aliphatic rings. The van der Waals surface area contributed by atoms with E-state index >= 15 is 0 Å². The Bertz CT molecular complexity index is 379. The Labute approximate surface area is 94.1 Å². The molecule has 0 unspecified atom stereocenters. The molecule has 1 rings (SSSR count). The second kappa shape index (κ2) is 5.92. The van der Waals surface area contributed by atoms with Gasteiger partial charge in [-0.05, 0) is 11.1 Å². The minimum atomic E-state index is -0.460. The molecule has 1 aromatic rings. The van der Waals surface area contributed by atoms with Crippen molar-refractivity contribution in [3.05, 3.63) is 41.7 Å². The van der Waals surface area contributed by atoms with Crippen LogP contribution in [-0.4, -0.2) is 25.3 Å². The quantitative estimate of drug-likeness (QED) is 0.474. The molecule has 0 bridgehead atoms. The summed E-state index contributed by atoms with van der Waals surface area (Å²) in [6.45, 7) is -0.0260. The summed E-state index contributed by atoms with van der Waals surface area (Å²) in [5.74, 6) is -0.460. The van der Waals surface area contributed by atoms with Crippen LogP contribution in [0.2, 0.25) is 0 Å². The SMILES string of the molecule is CO/C=C(\C(=O)OC)c1ccc(CO)cc1. The highest BCUT2D eigenvalue weighted by Crippen LogP contribution is 2.16. The number of hydrogen-bond acceptors (Lipinski definition) is 4. The molecule has 0 saturated heterocycles. The van der Waals surface area contributed by atoms with Gasteiger partial charge in [-0.3, -0.25) is 0 Å². The Morgan fingerprint density at radius 2 is 1.94 bits per heavy atom. The number of rotatable bonds is 4. The van der Waals surface area contributed by atoms with E-state index in [0.29, 0.717) is 11.1 Å². The molecule has 0 aliphatic carbocycles. The smallest absolute Gasteiger partial charge is 0.341 e. The number of aliphatic hydroxyl groups is 1. The Morgan fingerprint density at radius 3 is 2.38 bits per heavy atom. The predicted molar refractivity (Wildman–Crippen MR) is 59.4 cm³/mol. The summed E-state index contributed by atoms with van der Waals surface area (Å²) < 4.78 is 9.46. The molecule has 86 valence electrons.